The molecule has 2 aromatic heterocycles. The van der Waals surface area contributed by atoms with Crippen LogP contribution >= 0.6 is 25.1 Å². The molecule has 4 heterocycles. The van der Waals surface area contributed by atoms with Crippen LogP contribution in [0.2, 0.25) is 5.02 Å². The van der Waals surface area contributed by atoms with E-state index >= 15 is 0 Å². The summed E-state index contributed by atoms with van der Waals surface area (Å²) >= 11 is 5.92. The molecular formula is C25H25ClF3N5OS. The number of nitrogens with zero attached hydrogens (tertiary/aromatic N) is 5. The van der Waals surface area contributed by atoms with Crippen molar-refractivity contribution < 1.29 is 18.0 Å². The van der Waals surface area contributed by atoms with E-state index in [1.807, 2.05) is 26.0 Å². The lowest BCUT2D eigenvalue weighted by Crippen LogP contribution is -2.43. The van der Waals surface area contributed by atoms with E-state index in [2.05, 4.69) is 10.1 Å². The Bertz CT molecular complexity index is 1370. The third-order valence-corrected chi connectivity index (χ3v) is 6.32. The van der Waals surface area contributed by atoms with Gasteiger partial charge in [0.15, 0.2) is 0 Å². The average Bonchev–Trinajstić information content (AvgIpc) is 3.40. The molecule has 5 rings (SSSR count). The van der Waals surface area contributed by atoms with E-state index in [4.69, 9.17) is 16.6 Å². The van der Waals surface area contributed by atoms with E-state index in [-0.39, 0.29) is 39.4 Å². The summed E-state index contributed by atoms with van der Waals surface area (Å²) in [6.07, 6.45) is 1.11. The van der Waals surface area contributed by atoms with Crippen molar-refractivity contribution in [1.82, 2.24) is 14.8 Å². The zero-order valence-corrected chi connectivity index (χ0v) is 20.5. The number of anilines is 1. The first-order valence-corrected chi connectivity index (χ1v) is 11.0. The smallest absolute Gasteiger partial charge is 0.305 e. The molecule has 0 aliphatic carbocycles. The summed E-state index contributed by atoms with van der Waals surface area (Å²) in [6.45, 7) is 4.10. The second-order valence-corrected chi connectivity index (χ2v) is 8.79. The molecule has 1 aromatic carbocycles. The number of rotatable bonds is 3. The van der Waals surface area contributed by atoms with Gasteiger partial charge in [-0.05, 0) is 43.7 Å². The van der Waals surface area contributed by atoms with Crippen molar-refractivity contribution in [1.29, 1.82) is 0 Å². The Labute approximate surface area is 219 Å². The van der Waals surface area contributed by atoms with E-state index in [0.717, 1.165) is 22.9 Å². The van der Waals surface area contributed by atoms with Crippen LogP contribution in [0.3, 0.4) is 0 Å². The van der Waals surface area contributed by atoms with E-state index in [9.17, 15) is 18.0 Å². The van der Waals surface area contributed by atoms with Crippen molar-refractivity contribution in [2.24, 2.45) is 4.99 Å². The first kappa shape index (κ1) is 27.5. The lowest BCUT2D eigenvalue weighted by molar-refractivity contribution is -0.137. The summed E-state index contributed by atoms with van der Waals surface area (Å²) in [5.41, 5.74) is 3.71. The number of fused-ring (bicyclic) bond motifs is 1. The average molecular weight is 536 g/mol. The molecule has 0 radical (unpaired) electrons. The normalized spacial score (nSPS) is 17.4. The van der Waals surface area contributed by atoms with Gasteiger partial charge in [0.05, 0.1) is 39.8 Å². The van der Waals surface area contributed by atoms with Crippen molar-refractivity contribution >= 4 is 48.1 Å². The Kier molecular flexibility index (Phi) is 7.71. The van der Waals surface area contributed by atoms with Crippen molar-refractivity contribution in [3.05, 3.63) is 81.9 Å². The van der Waals surface area contributed by atoms with Gasteiger partial charge in [0.2, 0.25) is 0 Å². The number of halogens is 4. The van der Waals surface area contributed by atoms with Gasteiger partial charge in [-0.2, -0.15) is 31.8 Å². The zero-order chi connectivity index (χ0) is 24.2. The third-order valence-electron chi connectivity index (χ3n) is 6.01. The molecule has 6 nitrogen and oxygen atoms in total. The number of aromatic nitrogens is 3. The summed E-state index contributed by atoms with van der Waals surface area (Å²) in [6, 6.07) is 6.91. The molecule has 2 aliphatic rings. The molecule has 0 saturated heterocycles. The molecule has 0 spiro atoms. The van der Waals surface area contributed by atoms with Crippen molar-refractivity contribution in [2.45, 2.75) is 39.9 Å². The monoisotopic (exact) mass is 535 g/mol. The maximum atomic E-state index is 13.6. The molecule has 0 bridgehead atoms. The Balaban J connectivity index is 0.00000180. The molecule has 1 amide bonds. The molecule has 0 fully saturated rings. The van der Waals surface area contributed by atoms with E-state index in [1.165, 1.54) is 17.0 Å². The van der Waals surface area contributed by atoms with Crippen LogP contribution in [0.25, 0.3) is 5.70 Å². The molecule has 0 saturated carbocycles. The van der Waals surface area contributed by atoms with E-state index in [0.29, 0.717) is 29.1 Å². The van der Waals surface area contributed by atoms with Crippen LogP contribution in [-0.2, 0) is 6.18 Å². The Morgan fingerprint density at radius 1 is 1.17 bits per heavy atom. The number of hydrogen-bond donors (Lipinski definition) is 0. The summed E-state index contributed by atoms with van der Waals surface area (Å²) in [5, 5.41) is 3.98. The van der Waals surface area contributed by atoms with Crippen molar-refractivity contribution in [3.63, 3.8) is 0 Å². The van der Waals surface area contributed by atoms with Crippen molar-refractivity contribution in [3.8, 4) is 0 Å². The standard InChI is InChI=1S/C24H19ClF3N5O.CH4.H2S/c1-13-8-20(15-4-3-7-29-10-15)31-21(13)17-11-30-33-14(2)12-32(23(34)22(17)33)16-5-6-18(19(25)9-16)24(26,27)28;;/h3-7,9-11,14H,8,12H2,1-2H3;1H4;1H2/t14-;;/m0../s1. The molecule has 3 aromatic rings. The third kappa shape index (κ3) is 4.67. The Morgan fingerprint density at radius 3 is 2.56 bits per heavy atom. The summed E-state index contributed by atoms with van der Waals surface area (Å²) in [7, 11) is 0. The summed E-state index contributed by atoms with van der Waals surface area (Å²) in [5.74, 6) is -0.369. The van der Waals surface area contributed by atoms with Gasteiger partial charge in [0, 0.05) is 36.6 Å². The highest BCUT2D eigenvalue weighted by atomic mass is 35.5. The maximum absolute atomic E-state index is 13.6. The lowest BCUT2D eigenvalue weighted by atomic mass is 10.0. The van der Waals surface area contributed by atoms with Crippen LogP contribution in [0, 0.1) is 0 Å². The molecule has 36 heavy (non-hydrogen) atoms. The number of carbonyl (C=O) groups excluding carboxylic acids is 1. The lowest BCUT2D eigenvalue weighted by Gasteiger charge is -2.32. The fourth-order valence-electron chi connectivity index (χ4n) is 4.35. The second-order valence-electron chi connectivity index (χ2n) is 8.38. The van der Waals surface area contributed by atoms with Gasteiger partial charge in [-0.1, -0.05) is 25.1 Å². The SMILES string of the molecule is C.CC1=C(c2cnn3c2C(=O)N(c2ccc(C(F)(F)F)c(Cl)c2)C[C@@H]3C)N=C(c2cccnc2)C1.S. The van der Waals surface area contributed by atoms with Crippen LogP contribution < -0.4 is 4.90 Å². The highest BCUT2D eigenvalue weighted by Gasteiger charge is 2.37. The first-order chi connectivity index (χ1) is 16.1. The molecule has 0 unspecified atom stereocenters. The van der Waals surface area contributed by atoms with E-state index < -0.39 is 16.8 Å². The van der Waals surface area contributed by atoms with Gasteiger partial charge in [-0.25, -0.2) is 0 Å². The number of carbonyl (C=O) groups is 1. The summed E-state index contributed by atoms with van der Waals surface area (Å²) < 4.78 is 41.1. The minimum atomic E-state index is -4.57. The highest BCUT2D eigenvalue weighted by Crippen LogP contribution is 2.39. The van der Waals surface area contributed by atoms with Crippen LogP contribution in [0.4, 0.5) is 18.9 Å². The van der Waals surface area contributed by atoms with Crippen LogP contribution in [-0.4, -0.2) is 32.9 Å². The zero-order valence-electron chi connectivity index (χ0n) is 18.8. The molecule has 2 aliphatic heterocycles. The maximum Gasteiger partial charge on any atom is 0.417 e. The first-order valence-electron chi connectivity index (χ1n) is 10.6. The van der Waals surface area contributed by atoms with Crippen LogP contribution in [0.5, 0.6) is 0 Å². The fourth-order valence-corrected chi connectivity index (χ4v) is 4.64. The van der Waals surface area contributed by atoms with Crippen molar-refractivity contribution in [2.75, 3.05) is 11.4 Å². The number of alkyl halides is 3. The quantitative estimate of drug-likeness (QED) is 0.382. The fraction of sp³-hybridized carbons (Fsp3) is 0.280. The number of benzene rings is 1. The predicted molar refractivity (Wildman–Crippen MR) is 140 cm³/mol. The predicted octanol–water partition coefficient (Wildman–Crippen LogP) is 6.54. The number of allylic oxidation sites excluding steroid dienone is 1. The molecular weight excluding hydrogens is 511 g/mol. The number of hydrogen-bond acceptors (Lipinski definition) is 4. The number of pyridine rings is 1. The number of aliphatic imine (C=N–C) groups is 1. The van der Waals surface area contributed by atoms with Gasteiger partial charge in [0.25, 0.3) is 5.91 Å². The Morgan fingerprint density at radius 2 is 1.92 bits per heavy atom. The van der Waals surface area contributed by atoms with Gasteiger partial charge >= 0.3 is 6.18 Å². The van der Waals surface area contributed by atoms with Gasteiger partial charge in [-0.15, -0.1) is 0 Å². The van der Waals surface area contributed by atoms with Gasteiger partial charge in [0.1, 0.15) is 5.69 Å². The molecule has 1 atom stereocenters. The number of amides is 1. The second kappa shape index (κ2) is 10.1. The summed E-state index contributed by atoms with van der Waals surface area (Å²) in [4.78, 5) is 23.9. The topological polar surface area (TPSA) is 63.4 Å². The molecule has 190 valence electrons. The van der Waals surface area contributed by atoms with Crippen LogP contribution in [0.15, 0.2) is 59.5 Å². The minimum Gasteiger partial charge on any atom is -0.305 e. The molecule has 0 N–H and O–H groups in total. The Hall–Kier alpha value is -3.11. The minimum absolute atomic E-state index is 0. The molecule has 11 heteroatoms. The van der Waals surface area contributed by atoms with E-state index in [1.54, 1.807) is 23.3 Å². The highest BCUT2D eigenvalue weighted by molar-refractivity contribution is 7.59. The largest absolute Gasteiger partial charge is 0.417 e. The van der Waals surface area contributed by atoms with Gasteiger partial charge in [-0.3, -0.25) is 19.5 Å². The van der Waals surface area contributed by atoms with Gasteiger partial charge < -0.3 is 4.90 Å². The van der Waals surface area contributed by atoms with Crippen LogP contribution in [0.1, 0.15) is 60.9 Å².